The monoisotopic (exact) mass is 259 g/mol. The van der Waals surface area contributed by atoms with Crippen LogP contribution in [0.3, 0.4) is 0 Å². The van der Waals surface area contributed by atoms with Gasteiger partial charge in [-0.25, -0.2) is 9.97 Å². The Morgan fingerprint density at radius 1 is 1.00 bits per heavy atom. The van der Waals surface area contributed by atoms with Crippen molar-refractivity contribution >= 4 is 5.78 Å². The predicted molar refractivity (Wildman–Crippen MR) is 69.5 cm³/mol. The van der Waals surface area contributed by atoms with Crippen LogP contribution in [0.2, 0.25) is 0 Å². The lowest BCUT2D eigenvalue weighted by Crippen LogP contribution is -2.36. The lowest BCUT2D eigenvalue weighted by molar-refractivity contribution is -0.121. The highest BCUT2D eigenvalue weighted by Gasteiger charge is 2.31. The molecule has 0 saturated carbocycles. The lowest BCUT2D eigenvalue weighted by atomic mass is 9.96. The number of imidazole rings is 2. The standard InChI is InChI=1S/C13H17N5O/c1-7-5-14-12(16-7)10-3-9(19)4-11(18-10)13-15-6-8(2)17-13/h5-6,10-11,18H,3-4H2,1-2H3,(H,14,16)(H,15,17). The summed E-state index contributed by atoms with van der Waals surface area (Å²) in [5, 5.41) is 3.43. The fraction of sp³-hybridized carbons (Fsp3) is 0.462. The second-order valence-electron chi connectivity index (χ2n) is 5.12. The molecule has 2 aromatic rings. The van der Waals surface area contributed by atoms with Crippen LogP contribution in [0.25, 0.3) is 0 Å². The third-order valence-corrected chi connectivity index (χ3v) is 3.37. The van der Waals surface area contributed by atoms with Gasteiger partial charge in [-0.05, 0) is 13.8 Å². The van der Waals surface area contributed by atoms with Gasteiger partial charge in [-0.3, -0.25) is 10.1 Å². The second kappa shape index (κ2) is 4.62. The number of Topliss-reactive ketones (excluding diaryl/α,β-unsaturated/α-hetero) is 1. The summed E-state index contributed by atoms with van der Waals surface area (Å²) in [6.07, 6.45) is 4.51. The van der Waals surface area contributed by atoms with Crippen molar-refractivity contribution in [2.75, 3.05) is 0 Å². The molecule has 100 valence electrons. The number of piperidine rings is 1. The molecule has 1 fully saturated rings. The van der Waals surface area contributed by atoms with Crippen LogP contribution < -0.4 is 5.32 Å². The Bertz CT molecular complexity index is 549. The molecule has 2 aromatic heterocycles. The van der Waals surface area contributed by atoms with E-state index >= 15 is 0 Å². The molecule has 0 aliphatic carbocycles. The number of carbonyl (C=O) groups is 1. The summed E-state index contributed by atoms with van der Waals surface area (Å²) < 4.78 is 0. The number of H-pyrrole nitrogens is 2. The minimum atomic E-state index is -0.0645. The van der Waals surface area contributed by atoms with Gasteiger partial charge in [-0.2, -0.15) is 0 Å². The highest BCUT2D eigenvalue weighted by Crippen LogP contribution is 2.28. The quantitative estimate of drug-likeness (QED) is 0.762. The number of aryl methyl sites for hydroxylation is 2. The first-order valence-corrected chi connectivity index (χ1v) is 6.42. The zero-order chi connectivity index (χ0) is 13.4. The molecule has 0 amide bonds. The maximum Gasteiger partial charge on any atom is 0.136 e. The van der Waals surface area contributed by atoms with E-state index in [0.717, 1.165) is 23.0 Å². The van der Waals surface area contributed by atoms with E-state index in [-0.39, 0.29) is 17.9 Å². The first kappa shape index (κ1) is 12.1. The normalized spacial score (nSPS) is 23.8. The van der Waals surface area contributed by atoms with Gasteiger partial charge in [0.15, 0.2) is 0 Å². The molecule has 0 radical (unpaired) electrons. The van der Waals surface area contributed by atoms with Crippen molar-refractivity contribution in [3.05, 3.63) is 35.4 Å². The van der Waals surface area contributed by atoms with E-state index in [2.05, 4.69) is 25.3 Å². The summed E-state index contributed by atoms with van der Waals surface area (Å²) >= 11 is 0. The van der Waals surface area contributed by atoms with Crippen LogP contribution in [0.15, 0.2) is 12.4 Å². The Kier molecular flexibility index (Phi) is 2.94. The number of hydrogen-bond donors (Lipinski definition) is 3. The number of nitrogens with zero attached hydrogens (tertiary/aromatic N) is 2. The fourth-order valence-corrected chi connectivity index (χ4v) is 2.47. The molecule has 2 atom stereocenters. The van der Waals surface area contributed by atoms with Crippen LogP contribution in [-0.2, 0) is 4.79 Å². The molecule has 1 saturated heterocycles. The SMILES string of the molecule is Cc1cnc(C2CC(=O)CC(c3ncc(C)[nH]3)N2)[nH]1. The second-order valence-corrected chi connectivity index (χ2v) is 5.12. The number of aromatic nitrogens is 4. The topological polar surface area (TPSA) is 86.5 Å². The molecule has 3 N–H and O–H groups in total. The van der Waals surface area contributed by atoms with Crippen molar-refractivity contribution in [1.82, 2.24) is 25.3 Å². The number of aromatic amines is 2. The Morgan fingerprint density at radius 2 is 1.47 bits per heavy atom. The summed E-state index contributed by atoms with van der Waals surface area (Å²) in [7, 11) is 0. The molecule has 0 spiro atoms. The number of rotatable bonds is 2. The maximum absolute atomic E-state index is 11.9. The zero-order valence-electron chi connectivity index (χ0n) is 11.0. The van der Waals surface area contributed by atoms with Gasteiger partial charge in [0, 0.05) is 36.6 Å². The fourth-order valence-electron chi connectivity index (χ4n) is 2.47. The van der Waals surface area contributed by atoms with E-state index in [0.29, 0.717) is 12.8 Å². The highest BCUT2D eigenvalue weighted by atomic mass is 16.1. The van der Waals surface area contributed by atoms with Gasteiger partial charge in [-0.1, -0.05) is 0 Å². The molecular formula is C13H17N5O. The van der Waals surface area contributed by atoms with Crippen molar-refractivity contribution in [3.63, 3.8) is 0 Å². The van der Waals surface area contributed by atoms with Crippen LogP contribution in [-0.4, -0.2) is 25.7 Å². The molecule has 2 unspecified atom stereocenters. The van der Waals surface area contributed by atoms with E-state index in [1.165, 1.54) is 0 Å². The van der Waals surface area contributed by atoms with Crippen LogP contribution >= 0.6 is 0 Å². The van der Waals surface area contributed by atoms with Crippen LogP contribution in [0.1, 0.15) is 48.0 Å². The Morgan fingerprint density at radius 3 is 1.84 bits per heavy atom. The van der Waals surface area contributed by atoms with E-state index in [9.17, 15) is 4.79 Å². The van der Waals surface area contributed by atoms with E-state index < -0.39 is 0 Å². The molecule has 1 aliphatic heterocycles. The van der Waals surface area contributed by atoms with E-state index in [4.69, 9.17) is 0 Å². The van der Waals surface area contributed by atoms with Crippen LogP contribution in [0.5, 0.6) is 0 Å². The highest BCUT2D eigenvalue weighted by molar-refractivity contribution is 5.80. The predicted octanol–water partition coefficient (Wildman–Crippen LogP) is 1.48. The van der Waals surface area contributed by atoms with Gasteiger partial charge in [-0.15, -0.1) is 0 Å². The Labute approximate surface area is 111 Å². The summed E-state index contributed by atoms with van der Waals surface area (Å²) in [6.45, 7) is 3.91. The van der Waals surface area contributed by atoms with E-state index in [1.54, 1.807) is 12.4 Å². The molecule has 3 rings (SSSR count). The average molecular weight is 259 g/mol. The molecule has 3 heterocycles. The summed E-state index contributed by atoms with van der Waals surface area (Å²) in [6, 6.07) is -0.129. The first-order chi connectivity index (χ1) is 9.11. The number of carbonyl (C=O) groups excluding carboxylic acids is 1. The van der Waals surface area contributed by atoms with Gasteiger partial charge in [0.05, 0.1) is 12.1 Å². The van der Waals surface area contributed by atoms with Gasteiger partial charge < -0.3 is 9.97 Å². The van der Waals surface area contributed by atoms with Gasteiger partial charge >= 0.3 is 0 Å². The Balaban J connectivity index is 1.83. The van der Waals surface area contributed by atoms with E-state index in [1.807, 2.05) is 13.8 Å². The number of ketones is 1. The first-order valence-electron chi connectivity index (χ1n) is 6.42. The summed E-state index contributed by atoms with van der Waals surface area (Å²) in [5.74, 6) is 1.87. The minimum Gasteiger partial charge on any atom is -0.345 e. The maximum atomic E-state index is 11.9. The smallest absolute Gasteiger partial charge is 0.136 e. The van der Waals surface area contributed by atoms with Crippen molar-refractivity contribution < 1.29 is 4.79 Å². The van der Waals surface area contributed by atoms with Crippen molar-refractivity contribution in [2.45, 2.75) is 38.8 Å². The molecule has 0 aromatic carbocycles. The lowest BCUT2D eigenvalue weighted by Gasteiger charge is -2.27. The molecule has 19 heavy (non-hydrogen) atoms. The third-order valence-electron chi connectivity index (χ3n) is 3.37. The number of hydrogen-bond acceptors (Lipinski definition) is 4. The molecular weight excluding hydrogens is 242 g/mol. The third kappa shape index (κ3) is 2.44. The van der Waals surface area contributed by atoms with Gasteiger partial charge in [0.1, 0.15) is 17.4 Å². The molecule has 0 bridgehead atoms. The van der Waals surface area contributed by atoms with Gasteiger partial charge in [0.2, 0.25) is 0 Å². The zero-order valence-corrected chi connectivity index (χ0v) is 11.0. The van der Waals surface area contributed by atoms with Crippen LogP contribution in [0, 0.1) is 13.8 Å². The molecule has 6 heteroatoms. The largest absolute Gasteiger partial charge is 0.345 e. The summed E-state index contributed by atoms with van der Waals surface area (Å²) in [5.41, 5.74) is 2.00. The van der Waals surface area contributed by atoms with Crippen molar-refractivity contribution in [2.24, 2.45) is 0 Å². The van der Waals surface area contributed by atoms with Crippen molar-refractivity contribution in [1.29, 1.82) is 0 Å². The van der Waals surface area contributed by atoms with Crippen LogP contribution in [0.4, 0.5) is 0 Å². The minimum absolute atomic E-state index is 0.0645. The average Bonchev–Trinajstić information content (AvgIpc) is 2.97. The Hall–Kier alpha value is -1.95. The summed E-state index contributed by atoms with van der Waals surface area (Å²) in [4.78, 5) is 26.9. The number of nitrogens with one attached hydrogen (secondary N) is 3. The molecule has 1 aliphatic rings. The molecule has 6 nitrogen and oxygen atoms in total. The van der Waals surface area contributed by atoms with Gasteiger partial charge in [0.25, 0.3) is 0 Å². The van der Waals surface area contributed by atoms with Crippen molar-refractivity contribution in [3.8, 4) is 0 Å².